The van der Waals surface area contributed by atoms with E-state index in [1.807, 2.05) is 48.6 Å². The van der Waals surface area contributed by atoms with Gasteiger partial charge in [0.25, 0.3) is 0 Å². The third-order valence-electron chi connectivity index (χ3n) is 5.50. The Bertz CT molecular complexity index is 626. The maximum atomic E-state index is 12.8. The van der Waals surface area contributed by atoms with Gasteiger partial charge in [-0.15, -0.1) is 0 Å². The van der Waals surface area contributed by atoms with E-state index in [0.29, 0.717) is 25.7 Å². The molecule has 0 aromatic rings. The van der Waals surface area contributed by atoms with Gasteiger partial charge in [-0.25, -0.2) is 8.42 Å². The fourth-order valence-electron chi connectivity index (χ4n) is 3.40. The lowest BCUT2D eigenvalue weighted by molar-refractivity contribution is 0.451. The number of hydrogen-bond acceptors (Lipinski definition) is 4. The summed E-state index contributed by atoms with van der Waals surface area (Å²) in [5.41, 5.74) is 11.8. The Morgan fingerprint density at radius 1 is 0.840 bits per heavy atom. The smallest absolute Gasteiger partial charge is 0.155 e. The third kappa shape index (κ3) is 5.40. The van der Waals surface area contributed by atoms with Crippen molar-refractivity contribution in [1.82, 2.24) is 0 Å². The molecule has 140 valence electrons. The average molecular weight is 365 g/mol. The van der Waals surface area contributed by atoms with Crippen LogP contribution in [-0.4, -0.2) is 30.0 Å². The predicted molar refractivity (Wildman–Crippen MR) is 106 cm³/mol. The lowest BCUT2D eigenvalue weighted by Gasteiger charge is -2.30. The van der Waals surface area contributed by atoms with E-state index in [-0.39, 0.29) is 0 Å². The van der Waals surface area contributed by atoms with Crippen molar-refractivity contribution in [3.8, 4) is 0 Å². The highest BCUT2D eigenvalue weighted by Gasteiger charge is 2.32. The Hall–Kier alpha value is -1.17. The van der Waals surface area contributed by atoms with Crippen LogP contribution < -0.4 is 11.5 Å². The Morgan fingerprint density at radius 2 is 1.24 bits per heavy atom. The van der Waals surface area contributed by atoms with Crippen molar-refractivity contribution >= 4 is 9.84 Å². The van der Waals surface area contributed by atoms with E-state index in [1.54, 1.807) is 13.8 Å². The van der Waals surface area contributed by atoms with E-state index < -0.39 is 31.4 Å². The molecule has 0 aromatic heterocycles. The minimum Gasteiger partial charge on any atom is -0.322 e. The summed E-state index contributed by atoms with van der Waals surface area (Å²) in [5, 5.41) is -0.782. The van der Waals surface area contributed by atoms with Gasteiger partial charge >= 0.3 is 0 Å². The fourth-order valence-corrected chi connectivity index (χ4v) is 5.09. The van der Waals surface area contributed by atoms with Crippen molar-refractivity contribution in [3.05, 3.63) is 48.6 Å². The normalized spacial score (nSPS) is 31.2. The van der Waals surface area contributed by atoms with Gasteiger partial charge in [-0.3, -0.25) is 0 Å². The SMILES string of the molecule is CC(CCC1(N)C=CC=CC1)S(=O)(=O)C(C)CCC1(N)C=CC=CC1. The molecule has 2 aliphatic carbocycles. The van der Waals surface area contributed by atoms with Crippen LogP contribution in [0.2, 0.25) is 0 Å². The van der Waals surface area contributed by atoms with Gasteiger partial charge in [-0.05, 0) is 52.4 Å². The molecule has 0 amide bonds. The number of nitrogens with two attached hydrogens (primary N) is 2. The van der Waals surface area contributed by atoms with Crippen LogP contribution in [0.1, 0.15) is 52.4 Å². The summed E-state index contributed by atoms with van der Waals surface area (Å²) in [6.07, 6.45) is 19.9. The molecule has 2 aliphatic rings. The van der Waals surface area contributed by atoms with Crippen molar-refractivity contribution in [2.45, 2.75) is 74.0 Å². The second-order valence-electron chi connectivity index (χ2n) is 7.74. The number of sulfone groups is 1. The number of hydrogen-bond donors (Lipinski definition) is 2. The molecule has 0 saturated carbocycles. The molecule has 5 heteroatoms. The van der Waals surface area contributed by atoms with Gasteiger partial charge < -0.3 is 11.5 Å². The summed E-state index contributed by atoms with van der Waals surface area (Å²) in [6.45, 7) is 3.61. The molecule has 0 radical (unpaired) electrons. The van der Waals surface area contributed by atoms with Crippen LogP contribution >= 0.6 is 0 Å². The van der Waals surface area contributed by atoms with E-state index in [4.69, 9.17) is 11.5 Å². The van der Waals surface area contributed by atoms with Crippen molar-refractivity contribution in [1.29, 1.82) is 0 Å². The van der Waals surface area contributed by atoms with Gasteiger partial charge in [0.1, 0.15) is 0 Å². The summed E-state index contributed by atoms with van der Waals surface area (Å²) < 4.78 is 25.7. The molecule has 0 heterocycles. The highest BCUT2D eigenvalue weighted by atomic mass is 32.2. The van der Waals surface area contributed by atoms with Crippen molar-refractivity contribution in [2.24, 2.45) is 11.5 Å². The first kappa shape index (κ1) is 20.1. The fraction of sp³-hybridized carbons (Fsp3) is 0.600. The maximum absolute atomic E-state index is 12.8. The van der Waals surface area contributed by atoms with Crippen LogP contribution in [0.25, 0.3) is 0 Å². The first-order chi connectivity index (χ1) is 11.7. The lowest BCUT2D eigenvalue weighted by Crippen LogP contribution is -2.41. The van der Waals surface area contributed by atoms with E-state index in [9.17, 15) is 8.42 Å². The molecule has 4 nitrogen and oxygen atoms in total. The van der Waals surface area contributed by atoms with E-state index in [2.05, 4.69) is 0 Å². The summed E-state index contributed by atoms with van der Waals surface area (Å²) in [4.78, 5) is 0. The first-order valence-corrected chi connectivity index (χ1v) is 10.8. The monoisotopic (exact) mass is 364 g/mol. The second kappa shape index (κ2) is 8.02. The molecule has 0 bridgehead atoms. The van der Waals surface area contributed by atoms with Crippen LogP contribution in [0, 0.1) is 0 Å². The number of rotatable bonds is 8. The quantitative estimate of drug-likeness (QED) is 0.692. The largest absolute Gasteiger partial charge is 0.322 e. The van der Waals surface area contributed by atoms with Crippen molar-refractivity contribution in [2.75, 3.05) is 0 Å². The van der Waals surface area contributed by atoms with Crippen molar-refractivity contribution in [3.63, 3.8) is 0 Å². The van der Waals surface area contributed by atoms with Gasteiger partial charge in [0.05, 0.1) is 10.5 Å². The van der Waals surface area contributed by atoms with Gasteiger partial charge in [0.2, 0.25) is 0 Å². The zero-order chi connectivity index (χ0) is 18.6. The zero-order valence-electron chi connectivity index (χ0n) is 15.4. The molecule has 4 unspecified atom stereocenters. The molecular weight excluding hydrogens is 332 g/mol. The Kier molecular flexibility index (Phi) is 6.46. The van der Waals surface area contributed by atoms with Crippen molar-refractivity contribution < 1.29 is 8.42 Å². The van der Waals surface area contributed by atoms with Gasteiger partial charge in [0.15, 0.2) is 9.84 Å². The van der Waals surface area contributed by atoms with Crippen LogP contribution in [-0.2, 0) is 9.84 Å². The Labute approximate surface area is 152 Å². The zero-order valence-corrected chi connectivity index (χ0v) is 16.2. The standard InChI is InChI=1S/C20H32N2O2S/c1-17(9-15-19(21)11-5-3-6-12-19)25(23,24)18(2)10-16-20(22)13-7-4-8-14-20/h3-8,11,13,17-18H,9-10,12,14-16,21-22H2,1-2H3. The molecule has 4 atom stereocenters. The van der Waals surface area contributed by atoms with Crippen LogP contribution in [0.15, 0.2) is 48.6 Å². The van der Waals surface area contributed by atoms with Crippen LogP contribution in [0.3, 0.4) is 0 Å². The predicted octanol–water partition coefficient (Wildman–Crippen LogP) is 3.17. The molecule has 0 aromatic carbocycles. The molecule has 0 spiro atoms. The van der Waals surface area contributed by atoms with Gasteiger partial charge in [-0.1, -0.05) is 48.6 Å². The Balaban J connectivity index is 1.88. The molecule has 2 rings (SSSR count). The molecular formula is C20H32N2O2S. The van der Waals surface area contributed by atoms with Gasteiger partial charge in [0, 0.05) is 11.1 Å². The van der Waals surface area contributed by atoms with E-state index in [0.717, 1.165) is 12.8 Å². The van der Waals surface area contributed by atoms with E-state index >= 15 is 0 Å². The van der Waals surface area contributed by atoms with E-state index in [1.165, 1.54) is 0 Å². The minimum absolute atomic E-state index is 0.391. The molecule has 0 fully saturated rings. The highest BCUT2D eigenvalue weighted by molar-refractivity contribution is 7.92. The first-order valence-electron chi connectivity index (χ1n) is 9.16. The molecule has 25 heavy (non-hydrogen) atoms. The van der Waals surface area contributed by atoms with Crippen LogP contribution in [0.5, 0.6) is 0 Å². The summed E-state index contributed by atoms with van der Waals surface area (Å²) in [7, 11) is -3.19. The number of allylic oxidation sites excluding steroid dienone is 4. The second-order valence-corrected chi connectivity index (χ2v) is 10.5. The third-order valence-corrected chi connectivity index (χ3v) is 8.22. The highest BCUT2D eigenvalue weighted by Crippen LogP contribution is 2.27. The Morgan fingerprint density at radius 3 is 1.56 bits per heavy atom. The van der Waals surface area contributed by atoms with Gasteiger partial charge in [-0.2, -0.15) is 0 Å². The average Bonchev–Trinajstić information content (AvgIpc) is 2.59. The summed E-state index contributed by atoms with van der Waals surface area (Å²) in [6, 6.07) is 0. The minimum atomic E-state index is -3.19. The lowest BCUT2D eigenvalue weighted by atomic mass is 9.87. The van der Waals surface area contributed by atoms with Crippen LogP contribution in [0.4, 0.5) is 0 Å². The topological polar surface area (TPSA) is 86.2 Å². The summed E-state index contributed by atoms with van der Waals surface area (Å²) >= 11 is 0. The maximum Gasteiger partial charge on any atom is 0.155 e. The summed E-state index contributed by atoms with van der Waals surface area (Å²) in [5.74, 6) is 0. The molecule has 0 saturated heterocycles. The molecule has 0 aliphatic heterocycles. The molecule has 4 N–H and O–H groups in total.